The summed E-state index contributed by atoms with van der Waals surface area (Å²) >= 11 is 0. The SMILES string of the molecule is CC[C@H](C)[C@@H]1NC(=O)[C@H](CCC(=O)O)NC(=O)[C@@H]2CCCN2C(=O)[C@H](Cc2cnc[nH]2)NC(=O)[C@H](CC(=O)O)NC(=O)[C@H](Cc2ccc(O)cc2)NC(=O)[C@H](CC(N)=O)NC(=O)[C@H]2CSSC[C@H](NC(=O)CN)C(=O)N[C@@H](CSSC[C@@H](C(=O)NCC(=O)NCC(=O)N[C@@H](C)C(=O)NCC(=O)NCC(=O)O)NC1=O)C(=O)N[C@H](CO)C(=O)N[C@@H](CC(=O)O)C(=O)N1CCC[C@H]1C(=O)N[C@H](CCCNC(=N)N)C(=O)N2. The number of benzene rings is 1. The van der Waals surface area contributed by atoms with Crippen LogP contribution in [0, 0.1) is 11.3 Å². The summed E-state index contributed by atoms with van der Waals surface area (Å²) in [6.07, 6.45) is -4.90. The Kier molecular flexibility index (Phi) is 48.8. The molecule has 4 fully saturated rings. The zero-order valence-corrected chi connectivity index (χ0v) is 81.2. The molecule has 1 aromatic carbocycles. The van der Waals surface area contributed by atoms with Crippen LogP contribution in [0.2, 0.25) is 0 Å². The van der Waals surface area contributed by atoms with Crippen molar-refractivity contribution in [2.45, 2.75) is 207 Å². The zero-order valence-electron chi connectivity index (χ0n) is 78.0. The number of aliphatic hydroxyl groups excluding tert-OH is 1. The van der Waals surface area contributed by atoms with E-state index in [0.29, 0.717) is 43.2 Å². The Hall–Kier alpha value is -14.4. The molecule has 2 bridgehead atoms. The zero-order chi connectivity index (χ0) is 107. The first-order valence-electron chi connectivity index (χ1n) is 44.9. The highest BCUT2D eigenvalue weighted by Gasteiger charge is 2.46. The Bertz CT molecular complexity index is 5010. The van der Waals surface area contributed by atoms with Gasteiger partial charge in [0.25, 0.3) is 0 Å². The number of aromatic nitrogens is 2. The minimum atomic E-state index is -2.23. The van der Waals surface area contributed by atoms with Crippen molar-refractivity contribution in [3.63, 3.8) is 0 Å². The Morgan fingerprint density at radius 3 is 1.53 bits per heavy atom. The van der Waals surface area contributed by atoms with Gasteiger partial charge < -0.3 is 164 Å². The summed E-state index contributed by atoms with van der Waals surface area (Å²) in [5, 5.41) is 113. The molecule has 0 unspecified atom stereocenters. The second-order valence-electron chi connectivity index (χ2n) is 33.2. The highest BCUT2D eigenvalue weighted by molar-refractivity contribution is 8.77. The summed E-state index contributed by atoms with van der Waals surface area (Å²) in [6.45, 7) is -2.15. The van der Waals surface area contributed by atoms with Gasteiger partial charge in [-0.1, -0.05) is 75.6 Å². The summed E-state index contributed by atoms with van der Waals surface area (Å²) in [5.74, 6) is -36.6. The van der Waals surface area contributed by atoms with E-state index in [1.54, 1.807) is 6.92 Å². The van der Waals surface area contributed by atoms with Crippen molar-refractivity contribution >= 4 is 197 Å². The molecule has 21 amide bonds. The van der Waals surface area contributed by atoms with Gasteiger partial charge in [-0.15, -0.1) is 0 Å². The number of hydrogen-bond acceptors (Lipinski definition) is 34. The molecule has 5 heterocycles. The molecule has 0 radical (unpaired) electrons. The molecular weight excluding hydrogens is 1990 g/mol. The third-order valence-corrected chi connectivity index (χ3v) is 27.0. The van der Waals surface area contributed by atoms with Crippen molar-refractivity contribution < 1.29 is 151 Å². The maximum atomic E-state index is 15.3. The monoisotopic (exact) mass is 2110 g/mol. The van der Waals surface area contributed by atoms with Crippen LogP contribution in [0.3, 0.4) is 0 Å². The van der Waals surface area contributed by atoms with Crippen molar-refractivity contribution in [2.75, 3.05) is 82.0 Å². The van der Waals surface area contributed by atoms with Crippen LogP contribution in [0.15, 0.2) is 36.8 Å². The number of imidazole rings is 1. The number of phenols is 1. The number of fused-ring (bicyclic) bond motifs is 10. The molecule has 1 aromatic heterocycles. The quantitative estimate of drug-likeness (QED) is 0.0137. The summed E-state index contributed by atoms with van der Waals surface area (Å²) in [6, 6.07) is -25.6. The van der Waals surface area contributed by atoms with Crippen LogP contribution in [0.5, 0.6) is 5.75 Å². The average molecular weight is 2110 g/mol. The number of aliphatic carboxylic acids is 4. The van der Waals surface area contributed by atoms with Crippen LogP contribution in [0.25, 0.3) is 0 Å². The standard InChI is InChI=1S/C82H119N27O31S4/c1-4-37(2)65-79(138)106-50(67(126)92-28-58(114)89-29-60(116)94-38(3)66(125)91-27-59(115)90-30-64(123)124)32-141-143-35-53-76(135)103-49(31-110)73(132)102-48(24-63(121)122)81(140)109-19-7-9-54(109)77(136)96-42(8-5-17-88-82(85)86)68(127)104-52(34-144-142-33-51(74(133)105-53)95-57(113)25-83)75(134)99-45(22-56(84)112)71(130)98-44(20-39-11-13-41(111)14-12-39)70(129)100-46(23-62(119)120)72(131)101-47(21-40-26-87-36-93-40)80(139)108-18-6-10-55(108)78(137)97-43(69(128)107-65)15-16-61(117)118/h11-14,26,36-38,42-55,65,110-111H,4-10,15-25,27-35,83H2,1-3H3,(H2,84,112)(H,87,93)(H,89,114)(H,90,115)(H,91,125)(H,92,126)(H,94,116)(H,95,113)(H,96,136)(H,97,137)(H,98,130)(H,99,134)(H,100,129)(H,101,131)(H,102,132)(H,103,135)(H,104,127)(H,105,133)(H,106,138)(H,107,128)(H,117,118)(H,119,120)(H,121,122)(H,123,124)(H4,85,86,88)/t37-,38-,42+,43-,44-,45-,46-,47-,48-,49+,50-,51-,52+,53-,54-,55-,65-/m0/s1. The van der Waals surface area contributed by atoms with Crippen LogP contribution in [0.4, 0.5) is 0 Å². The third kappa shape index (κ3) is 39.8. The fraction of sp³-hybridized carbons (Fsp3) is 0.573. The first-order chi connectivity index (χ1) is 68.2. The number of primary amides is 1. The van der Waals surface area contributed by atoms with Crippen LogP contribution < -0.4 is 118 Å². The van der Waals surface area contributed by atoms with Gasteiger partial charge in [-0.25, -0.2) is 4.98 Å². The van der Waals surface area contributed by atoms with Gasteiger partial charge in [0.15, 0.2) is 5.96 Å². The number of aromatic hydroxyl groups is 1. The van der Waals surface area contributed by atoms with E-state index < -0.39 is 370 Å². The van der Waals surface area contributed by atoms with Crippen molar-refractivity contribution in [3.8, 4) is 5.75 Å². The molecule has 58 nitrogen and oxygen atoms in total. The number of nitrogens with one attached hydrogen (secondary N) is 21. The second kappa shape index (κ2) is 59.5. The molecule has 4 aliphatic heterocycles. The third-order valence-electron chi connectivity index (χ3n) is 22.2. The molecule has 2 aromatic rings. The van der Waals surface area contributed by atoms with Gasteiger partial charge in [0.2, 0.25) is 124 Å². The Morgan fingerprint density at radius 2 is 0.979 bits per heavy atom. The first kappa shape index (κ1) is 118. The molecule has 792 valence electrons. The number of phenolic OH excluding ortho intramolecular Hbond substituents is 1. The van der Waals surface area contributed by atoms with E-state index in [1.807, 2.05) is 5.32 Å². The first-order valence-corrected chi connectivity index (χ1v) is 49.9. The molecular formula is C82H119N27O31S4. The number of carbonyl (C=O) groups is 25. The molecule has 6 rings (SSSR count). The largest absolute Gasteiger partial charge is 0.508 e. The Balaban J connectivity index is 1.54. The van der Waals surface area contributed by atoms with Gasteiger partial charge in [-0.3, -0.25) is 125 Å². The molecule has 17 atom stereocenters. The van der Waals surface area contributed by atoms with Crippen molar-refractivity contribution in [1.29, 1.82) is 5.41 Å². The molecule has 0 spiro atoms. The van der Waals surface area contributed by atoms with E-state index in [0.717, 1.165) is 21.9 Å². The molecule has 62 heteroatoms. The van der Waals surface area contributed by atoms with E-state index >= 15 is 28.8 Å². The lowest BCUT2D eigenvalue weighted by Gasteiger charge is -2.31. The number of aliphatic hydroxyl groups is 1. The number of amides is 21. The van der Waals surface area contributed by atoms with E-state index in [-0.39, 0.29) is 75.2 Å². The van der Waals surface area contributed by atoms with Gasteiger partial charge in [0, 0.05) is 73.8 Å². The average Bonchev–Trinajstić information content (AvgIpc) is 1.61. The smallest absolute Gasteiger partial charge is 0.322 e. The topological polar surface area (TPSA) is 914 Å². The number of carbonyl (C=O) groups excluding carboxylic acids is 21. The number of nitrogens with zero attached hydrogens (tertiary/aromatic N) is 3. The van der Waals surface area contributed by atoms with Crippen molar-refractivity contribution in [3.05, 3.63) is 48.0 Å². The minimum Gasteiger partial charge on any atom is -0.508 e. The van der Waals surface area contributed by atoms with Gasteiger partial charge in [0.1, 0.15) is 109 Å². The van der Waals surface area contributed by atoms with E-state index in [2.05, 4.69) is 106 Å². The van der Waals surface area contributed by atoms with Crippen LogP contribution in [0.1, 0.15) is 109 Å². The predicted molar refractivity (Wildman–Crippen MR) is 506 cm³/mol. The number of nitrogens with two attached hydrogens (primary N) is 3. The molecule has 144 heavy (non-hydrogen) atoms. The van der Waals surface area contributed by atoms with Gasteiger partial charge >= 0.3 is 23.9 Å². The number of H-pyrrole nitrogens is 1. The normalized spacial score (nSPS) is 24.4. The molecule has 0 saturated carbocycles. The van der Waals surface area contributed by atoms with Gasteiger partial charge in [0.05, 0.1) is 58.4 Å². The lowest BCUT2D eigenvalue weighted by Crippen LogP contribution is -2.62. The lowest BCUT2D eigenvalue weighted by atomic mass is 9.97. The Morgan fingerprint density at radius 1 is 0.493 bits per heavy atom. The fourth-order valence-electron chi connectivity index (χ4n) is 14.4. The number of hydrogen-bond donors (Lipinski definition) is 30. The number of aromatic amines is 1. The molecule has 33 N–H and O–H groups in total. The summed E-state index contributed by atoms with van der Waals surface area (Å²) < 4.78 is 0. The van der Waals surface area contributed by atoms with E-state index in [1.165, 1.54) is 38.5 Å². The van der Waals surface area contributed by atoms with Gasteiger partial charge in [-0.05, 0) is 75.5 Å². The van der Waals surface area contributed by atoms with Crippen LogP contribution in [-0.2, 0) is 133 Å². The maximum Gasteiger partial charge on any atom is 0.322 e. The number of guanidine groups is 1. The number of carboxylic acid groups (broad SMARTS) is 4. The number of carboxylic acids is 4. The highest BCUT2D eigenvalue weighted by atomic mass is 33.1. The fourth-order valence-corrected chi connectivity index (χ4v) is 19.1. The number of rotatable bonds is 33. The second-order valence-corrected chi connectivity index (χ2v) is 38.3. The van der Waals surface area contributed by atoms with Crippen molar-refractivity contribution in [2.24, 2.45) is 23.1 Å². The summed E-state index contributed by atoms with van der Waals surface area (Å²) in [5.41, 5.74) is 17.2. The van der Waals surface area contributed by atoms with Crippen molar-refractivity contribution in [1.82, 2.24) is 121 Å². The molecule has 4 saturated heterocycles. The summed E-state index contributed by atoms with van der Waals surface area (Å²) in [7, 11) is 2.47. The van der Waals surface area contributed by atoms with E-state index in [4.69, 9.17) is 27.7 Å². The molecule has 4 aliphatic rings. The minimum absolute atomic E-state index is 0.0102. The van der Waals surface area contributed by atoms with Gasteiger partial charge in [-0.2, -0.15) is 0 Å². The maximum absolute atomic E-state index is 15.3. The summed E-state index contributed by atoms with van der Waals surface area (Å²) in [4.78, 5) is 359. The van der Waals surface area contributed by atoms with Crippen LogP contribution >= 0.6 is 43.2 Å². The van der Waals surface area contributed by atoms with Crippen LogP contribution in [-0.4, -0.2) is 383 Å². The Labute approximate surface area is 835 Å². The molecule has 0 aliphatic carbocycles. The highest BCUT2D eigenvalue weighted by Crippen LogP contribution is 2.28. The lowest BCUT2D eigenvalue weighted by molar-refractivity contribution is -0.146. The van der Waals surface area contributed by atoms with E-state index in [9.17, 15) is 117 Å². The predicted octanol–water partition coefficient (Wildman–Crippen LogP) is -13.0.